The van der Waals surface area contributed by atoms with Gasteiger partial charge in [-0.1, -0.05) is 36.4 Å². The summed E-state index contributed by atoms with van der Waals surface area (Å²) >= 11 is 0. The normalized spacial score (nSPS) is 11.9. The topological polar surface area (TPSA) is 72.6 Å². The fraction of sp³-hybridized carbons (Fsp3) is 0.188. The van der Waals surface area contributed by atoms with Gasteiger partial charge >= 0.3 is 5.97 Å². The monoisotopic (exact) mass is 289 g/mol. The molecular weight excluding hydrogens is 273 g/mol. The molecule has 110 valence electrons. The van der Waals surface area contributed by atoms with Crippen molar-refractivity contribution in [1.29, 1.82) is 0 Å². The predicted octanol–water partition coefficient (Wildman–Crippen LogP) is 2.88. The fourth-order valence-electron chi connectivity index (χ4n) is 1.91. The van der Waals surface area contributed by atoms with E-state index >= 15 is 0 Å². The predicted molar refractivity (Wildman–Crippen MR) is 76.4 cm³/mol. The molecular formula is C16H16FNO3. The number of halogens is 1. The van der Waals surface area contributed by atoms with Gasteiger partial charge in [0, 0.05) is 6.04 Å². The Morgan fingerprint density at radius 1 is 1.24 bits per heavy atom. The van der Waals surface area contributed by atoms with Crippen molar-refractivity contribution < 1.29 is 19.0 Å². The number of carbonyl (C=O) groups is 1. The first-order valence-electron chi connectivity index (χ1n) is 6.50. The van der Waals surface area contributed by atoms with Crippen LogP contribution in [-0.4, -0.2) is 11.1 Å². The van der Waals surface area contributed by atoms with Crippen molar-refractivity contribution in [3.8, 4) is 5.75 Å². The van der Waals surface area contributed by atoms with E-state index in [-0.39, 0.29) is 18.8 Å². The van der Waals surface area contributed by atoms with Gasteiger partial charge in [0.25, 0.3) is 0 Å². The van der Waals surface area contributed by atoms with Crippen LogP contribution in [0.3, 0.4) is 0 Å². The number of carboxylic acid groups (broad SMARTS) is 1. The van der Waals surface area contributed by atoms with Gasteiger partial charge in [-0.15, -0.1) is 0 Å². The Bertz CT molecular complexity index is 616. The van der Waals surface area contributed by atoms with Crippen molar-refractivity contribution in [3.05, 3.63) is 65.5 Å². The summed E-state index contributed by atoms with van der Waals surface area (Å²) in [6.45, 7) is 0.262. The molecule has 0 aliphatic rings. The molecule has 1 unspecified atom stereocenters. The standard InChI is InChI=1S/C16H16FNO3/c17-13-8-12(14(18)9-16(19)20)6-7-15(13)21-10-11-4-2-1-3-5-11/h1-8,14H,9-10,18H2,(H,19,20). The number of benzene rings is 2. The van der Waals surface area contributed by atoms with Crippen molar-refractivity contribution in [1.82, 2.24) is 0 Å². The number of hydrogen-bond acceptors (Lipinski definition) is 3. The third-order valence-corrected chi connectivity index (χ3v) is 3.02. The third kappa shape index (κ3) is 4.29. The van der Waals surface area contributed by atoms with Gasteiger partial charge in [0.05, 0.1) is 6.42 Å². The molecule has 2 aromatic rings. The van der Waals surface area contributed by atoms with Crippen LogP contribution >= 0.6 is 0 Å². The average Bonchev–Trinajstić information content (AvgIpc) is 2.46. The summed E-state index contributed by atoms with van der Waals surface area (Å²) in [5, 5.41) is 8.68. The van der Waals surface area contributed by atoms with E-state index in [1.165, 1.54) is 12.1 Å². The van der Waals surface area contributed by atoms with Crippen LogP contribution in [0.5, 0.6) is 5.75 Å². The third-order valence-electron chi connectivity index (χ3n) is 3.02. The molecule has 0 amide bonds. The highest BCUT2D eigenvalue weighted by molar-refractivity contribution is 5.67. The molecule has 1 atom stereocenters. The van der Waals surface area contributed by atoms with E-state index in [0.29, 0.717) is 5.56 Å². The van der Waals surface area contributed by atoms with Crippen LogP contribution in [-0.2, 0) is 11.4 Å². The van der Waals surface area contributed by atoms with Crippen molar-refractivity contribution in [2.75, 3.05) is 0 Å². The largest absolute Gasteiger partial charge is 0.486 e. The van der Waals surface area contributed by atoms with Crippen molar-refractivity contribution >= 4 is 5.97 Å². The van der Waals surface area contributed by atoms with Gasteiger partial charge in [0.15, 0.2) is 11.6 Å². The molecule has 2 aromatic carbocycles. The first-order valence-corrected chi connectivity index (χ1v) is 6.50. The Balaban J connectivity index is 2.04. The zero-order valence-electron chi connectivity index (χ0n) is 11.3. The molecule has 2 rings (SSSR count). The molecule has 4 nitrogen and oxygen atoms in total. The molecule has 21 heavy (non-hydrogen) atoms. The quantitative estimate of drug-likeness (QED) is 0.857. The lowest BCUT2D eigenvalue weighted by Crippen LogP contribution is -2.15. The highest BCUT2D eigenvalue weighted by atomic mass is 19.1. The van der Waals surface area contributed by atoms with Crippen LogP contribution in [0.2, 0.25) is 0 Å². The van der Waals surface area contributed by atoms with Gasteiger partial charge in [-0.2, -0.15) is 0 Å². The van der Waals surface area contributed by atoms with Gasteiger partial charge in [-0.3, -0.25) is 4.79 Å². The lowest BCUT2D eigenvalue weighted by Gasteiger charge is -2.12. The average molecular weight is 289 g/mol. The van der Waals surface area contributed by atoms with Crippen LogP contribution in [0.4, 0.5) is 4.39 Å². The Kier molecular flexibility index (Phi) is 4.90. The Hall–Kier alpha value is -2.40. The van der Waals surface area contributed by atoms with Gasteiger partial charge < -0.3 is 15.6 Å². The molecule has 0 fully saturated rings. The SMILES string of the molecule is NC(CC(=O)O)c1ccc(OCc2ccccc2)c(F)c1. The number of hydrogen-bond donors (Lipinski definition) is 2. The minimum absolute atomic E-state index is 0.116. The minimum Gasteiger partial charge on any atom is -0.486 e. The minimum atomic E-state index is -1.02. The van der Waals surface area contributed by atoms with Crippen LogP contribution in [0.1, 0.15) is 23.6 Å². The molecule has 0 aliphatic heterocycles. The van der Waals surface area contributed by atoms with Crippen molar-refractivity contribution in [2.24, 2.45) is 5.73 Å². The number of aliphatic carboxylic acids is 1. The molecule has 0 aliphatic carbocycles. The van der Waals surface area contributed by atoms with Gasteiger partial charge in [-0.25, -0.2) is 4.39 Å². The number of ether oxygens (including phenoxy) is 1. The molecule has 0 aromatic heterocycles. The van der Waals surface area contributed by atoms with Crippen molar-refractivity contribution in [2.45, 2.75) is 19.1 Å². The van der Waals surface area contributed by atoms with Gasteiger partial charge in [-0.05, 0) is 23.3 Å². The summed E-state index contributed by atoms with van der Waals surface area (Å²) in [5.74, 6) is -1.46. The second-order valence-electron chi connectivity index (χ2n) is 4.67. The second-order valence-corrected chi connectivity index (χ2v) is 4.67. The van der Waals surface area contributed by atoms with E-state index in [1.807, 2.05) is 30.3 Å². The summed E-state index contributed by atoms with van der Waals surface area (Å²) in [6.07, 6.45) is -0.246. The molecule has 0 bridgehead atoms. The van der Waals surface area contributed by atoms with Crippen molar-refractivity contribution in [3.63, 3.8) is 0 Å². The summed E-state index contributed by atoms with van der Waals surface area (Å²) in [5.41, 5.74) is 7.06. The number of carboxylic acids is 1. The number of nitrogens with two attached hydrogens (primary N) is 1. The summed E-state index contributed by atoms with van der Waals surface area (Å²) in [7, 11) is 0. The fourth-order valence-corrected chi connectivity index (χ4v) is 1.91. The van der Waals surface area contributed by atoms with Crippen LogP contribution in [0.15, 0.2) is 48.5 Å². The van der Waals surface area contributed by atoms with E-state index in [4.69, 9.17) is 15.6 Å². The van der Waals surface area contributed by atoms with Crippen LogP contribution < -0.4 is 10.5 Å². The van der Waals surface area contributed by atoms with E-state index in [9.17, 15) is 9.18 Å². The highest BCUT2D eigenvalue weighted by Crippen LogP contribution is 2.23. The maximum atomic E-state index is 13.9. The highest BCUT2D eigenvalue weighted by Gasteiger charge is 2.13. The second kappa shape index (κ2) is 6.85. The first kappa shape index (κ1) is 15.0. The zero-order chi connectivity index (χ0) is 15.2. The smallest absolute Gasteiger partial charge is 0.305 e. The summed E-state index contributed by atoms with van der Waals surface area (Å²) < 4.78 is 19.3. The lowest BCUT2D eigenvalue weighted by molar-refractivity contribution is -0.137. The molecule has 0 heterocycles. The lowest BCUT2D eigenvalue weighted by atomic mass is 10.0. The molecule has 0 spiro atoms. The van der Waals surface area contributed by atoms with Gasteiger partial charge in [0.1, 0.15) is 6.61 Å². The Morgan fingerprint density at radius 3 is 2.57 bits per heavy atom. The molecule has 0 saturated carbocycles. The van der Waals surface area contributed by atoms with Crippen LogP contribution in [0, 0.1) is 5.82 Å². The van der Waals surface area contributed by atoms with E-state index < -0.39 is 17.8 Å². The summed E-state index contributed by atoms with van der Waals surface area (Å²) in [6, 6.07) is 12.9. The maximum Gasteiger partial charge on any atom is 0.305 e. The molecule has 3 N–H and O–H groups in total. The first-order chi connectivity index (χ1) is 10.1. The molecule has 0 radical (unpaired) electrons. The molecule has 0 saturated heterocycles. The van der Waals surface area contributed by atoms with E-state index in [0.717, 1.165) is 5.56 Å². The van der Waals surface area contributed by atoms with Crippen LogP contribution in [0.25, 0.3) is 0 Å². The maximum absolute atomic E-state index is 13.9. The van der Waals surface area contributed by atoms with Gasteiger partial charge in [0.2, 0.25) is 0 Å². The Labute approximate surface area is 122 Å². The number of rotatable bonds is 6. The summed E-state index contributed by atoms with van der Waals surface area (Å²) in [4.78, 5) is 10.6. The van der Waals surface area contributed by atoms with E-state index in [1.54, 1.807) is 6.07 Å². The van der Waals surface area contributed by atoms with E-state index in [2.05, 4.69) is 0 Å². The molecule has 5 heteroatoms. The zero-order valence-corrected chi connectivity index (χ0v) is 11.3. The Morgan fingerprint density at radius 2 is 1.95 bits per heavy atom.